The molecule has 0 spiro atoms. The van der Waals surface area contributed by atoms with Crippen molar-refractivity contribution in [3.63, 3.8) is 0 Å². The first-order valence-electron chi connectivity index (χ1n) is 11.5. The van der Waals surface area contributed by atoms with E-state index in [2.05, 4.69) is 5.32 Å². The largest absolute Gasteiger partial charge is 0.416 e. The first-order valence-corrected chi connectivity index (χ1v) is 11.5. The Hall–Kier alpha value is -3.18. The third-order valence-corrected chi connectivity index (χ3v) is 5.93. The lowest BCUT2D eigenvalue weighted by Crippen LogP contribution is -2.45. The van der Waals surface area contributed by atoms with Gasteiger partial charge in [-0.3, -0.25) is 4.79 Å². The van der Waals surface area contributed by atoms with Crippen LogP contribution in [0, 0.1) is 0 Å². The molecule has 0 unspecified atom stereocenters. The second kappa shape index (κ2) is 10.8. The lowest BCUT2D eigenvalue weighted by Gasteiger charge is -2.28. The minimum atomic E-state index is -5.04. The number of halogens is 6. The number of hydrogen-bond acceptors (Lipinski definition) is 2. The Kier molecular flexibility index (Phi) is 8.25. The minimum Gasteiger partial charge on any atom is -0.353 e. The molecule has 36 heavy (non-hydrogen) atoms. The van der Waals surface area contributed by atoms with Crippen molar-refractivity contribution in [3.8, 4) is 0 Å². The van der Waals surface area contributed by atoms with Crippen molar-refractivity contribution in [1.82, 2.24) is 14.4 Å². The van der Waals surface area contributed by atoms with Crippen LogP contribution in [0.25, 0.3) is 0 Å². The molecule has 0 aliphatic heterocycles. The summed E-state index contributed by atoms with van der Waals surface area (Å²) in [6.07, 6.45) is -5.44. The van der Waals surface area contributed by atoms with Gasteiger partial charge in [-0.1, -0.05) is 13.3 Å². The summed E-state index contributed by atoms with van der Waals surface area (Å²) in [6, 6.07) is 3.68. The summed E-state index contributed by atoms with van der Waals surface area (Å²) in [5, 5.41) is 2.13. The summed E-state index contributed by atoms with van der Waals surface area (Å²) >= 11 is 0. The highest BCUT2D eigenvalue weighted by atomic mass is 19.4. The molecule has 1 aliphatic rings. The normalized spacial score (nSPS) is 14.0. The zero-order chi connectivity index (χ0) is 26.7. The van der Waals surface area contributed by atoms with Gasteiger partial charge in [0.2, 0.25) is 5.91 Å². The van der Waals surface area contributed by atoms with Crippen molar-refractivity contribution in [2.75, 3.05) is 18.4 Å². The summed E-state index contributed by atoms with van der Waals surface area (Å²) in [5.41, 5.74) is -2.83. The van der Waals surface area contributed by atoms with E-state index in [4.69, 9.17) is 0 Å². The Morgan fingerprint density at radius 3 is 2.14 bits per heavy atom. The SMILES string of the molecule is CCCCN(CC(=O)N(Cc1cccn1C)C1CC1)C(=O)Nc1cc(C(F)(F)F)cc(C(F)(F)F)c1. The molecule has 3 amide bonds. The van der Waals surface area contributed by atoms with Crippen LogP contribution in [-0.4, -0.2) is 45.4 Å². The molecule has 198 valence electrons. The number of benzene rings is 1. The fourth-order valence-corrected chi connectivity index (χ4v) is 3.73. The fraction of sp³-hybridized carbons (Fsp3) is 0.500. The minimum absolute atomic E-state index is 0.00880. The predicted molar refractivity (Wildman–Crippen MR) is 121 cm³/mol. The van der Waals surface area contributed by atoms with Crippen molar-refractivity contribution in [2.45, 2.75) is 57.5 Å². The maximum Gasteiger partial charge on any atom is 0.416 e. The van der Waals surface area contributed by atoms with E-state index in [1.54, 1.807) is 4.90 Å². The Morgan fingerprint density at radius 2 is 1.67 bits per heavy atom. The van der Waals surface area contributed by atoms with E-state index < -0.39 is 35.2 Å². The molecule has 1 aromatic carbocycles. The number of amides is 3. The van der Waals surface area contributed by atoms with Gasteiger partial charge in [-0.2, -0.15) is 26.3 Å². The number of urea groups is 1. The van der Waals surface area contributed by atoms with Gasteiger partial charge in [-0.05, 0) is 49.6 Å². The van der Waals surface area contributed by atoms with Crippen LogP contribution in [0.2, 0.25) is 0 Å². The molecule has 2 aromatic rings. The molecule has 1 aliphatic carbocycles. The van der Waals surface area contributed by atoms with E-state index >= 15 is 0 Å². The summed E-state index contributed by atoms with van der Waals surface area (Å²) in [7, 11) is 1.84. The summed E-state index contributed by atoms with van der Waals surface area (Å²) in [5.74, 6) is -0.343. The average molecular weight is 519 g/mol. The topological polar surface area (TPSA) is 57.6 Å². The second-order valence-electron chi connectivity index (χ2n) is 8.86. The van der Waals surface area contributed by atoms with Crippen molar-refractivity contribution in [2.24, 2.45) is 7.05 Å². The van der Waals surface area contributed by atoms with E-state index in [1.165, 1.54) is 0 Å². The van der Waals surface area contributed by atoms with Crippen LogP contribution < -0.4 is 5.32 Å². The van der Waals surface area contributed by atoms with Crippen LogP contribution in [0.1, 0.15) is 49.4 Å². The molecule has 3 rings (SSSR count). The predicted octanol–water partition coefficient (Wildman–Crippen LogP) is 5.89. The molecule has 1 saturated carbocycles. The average Bonchev–Trinajstić information content (AvgIpc) is 3.54. The number of hydrogen-bond donors (Lipinski definition) is 1. The molecule has 0 radical (unpaired) electrons. The van der Waals surface area contributed by atoms with Crippen LogP contribution in [0.3, 0.4) is 0 Å². The molecule has 6 nitrogen and oxygen atoms in total. The smallest absolute Gasteiger partial charge is 0.353 e. The van der Waals surface area contributed by atoms with Crippen LogP contribution in [0.15, 0.2) is 36.5 Å². The fourth-order valence-electron chi connectivity index (χ4n) is 3.73. The van der Waals surface area contributed by atoms with Gasteiger partial charge in [0, 0.05) is 37.2 Å². The number of carbonyl (C=O) groups is 2. The molecule has 0 bridgehead atoms. The van der Waals surface area contributed by atoms with Gasteiger partial charge in [0.25, 0.3) is 0 Å². The Bertz CT molecular complexity index is 1040. The van der Waals surface area contributed by atoms with Crippen molar-refractivity contribution in [3.05, 3.63) is 53.3 Å². The van der Waals surface area contributed by atoms with Crippen LogP contribution in [0.4, 0.5) is 36.8 Å². The molecule has 0 saturated heterocycles. The van der Waals surface area contributed by atoms with E-state index in [0.29, 0.717) is 31.5 Å². The second-order valence-corrected chi connectivity index (χ2v) is 8.86. The van der Waals surface area contributed by atoms with Crippen molar-refractivity contribution in [1.29, 1.82) is 0 Å². The molecule has 12 heteroatoms. The van der Waals surface area contributed by atoms with E-state index in [-0.39, 0.29) is 31.1 Å². The third kappa shape index (κ3) is 7.17. The maximum absolute atomic E-state index is 13.2. The number of rotatable bonds is 9. The van der Waals surface area contributed by atoms with Crippen LogP contribution in [0.5, 0.6) is 0 Å². The van der Waals surface area contributed by atoms with Gasteiger partial charge in [-0.15, -0.1) is 0 Å². The molecule has 1 N–H and O–H groups in total. The zero-order valence-electron chi connectivity index (χ0n) is 19.9. The number of unbranched alkanes of at least 4 members (excludes halogenated alkanes) is 1. The number of alkyl halides is 6. The van der Waals surface area contributed by atoms with Crippen LogP contribution in [-0.2, 0) is 30.7 Å². The number of nitrogens with one attached hydrogen (secondary N) is 1. The van der Waals surface area contributed by atoms with Gasteiger partial charge < -0.3 is 19.7 Å². The van der Waals surface area contributed by atoms with Gasteiger partial charge >= 0.3 is 18.4 Å². The molecule has 1 fully saturated rings. The number of aromatic nitrogens is 1. The zero-order valence-corrected chi connectivity index (χ0v) is 19.9. The van der Waals surface area contributed by atoms with Crippen molar-refractivity contribution >= 4 is 17.6 Å². The van der Waals surface area contributed by atoms with E-state index in [9.17, 15) is 35.9 Å². The molecule has 1 heterocycles. The molecule has 0 atom stereocenters. The third-order valence-electron chi connectivity index (χ3n) is 5.93. The first kappa shape index (κ1) is 27.4. The summed E-state index contributed by atoms with van der Waals surface area (Å²) in [6.45, 7) is 1.95. The Labute approximate surface area is 204 Å². The Morgan fingerprint density at radius 1 is 1.06 bits per heavy atom. The van der Waals surface area contributed by atoms with Gasteiger partial charge in [-0.25, -0.2) is 4.79 Å². The Balaban J connectivity index is 1.80. The monoisotopic (exact) mass is 518 g/mol. The number of carbonyl (C=O) groups excluding carboxylic acids is 2. The van der Waals surface area contributed by atoms with Gasteiger partial charge in [0.1, 0.15) is 6.54 Å². The van der Waals surface area contributed by atoms with Crippen LogP contribution >= 0.6 is 0 Å². The highest BCUT2D eigenvalue weighted by Crippen LogP contribution is 2.37. The van der Waals surface area contributed by atoms with E-state index in [1.807, 2.05) is 36.9 Å². The number of aryl methyl sites for hydroxylation is 1. The number of anilines is 1. The van der Waals surface area contributed by atoms with Crippen molar-refractivity contribution < 1.29 is 35.9 Å². The standard InChI is InChI=1S/C24H28F6N4O2/c1-3-4-10-33(15-21(35)34(19-7-8-19)14-20-6-5-9-32(20)2)22(36)31-18-12-16(23(25,26)27)11-17(13-18)24(28,29)30/h5-6,9,11-13,19H,3-4,7-8,10,14-15H2,1-2H3,(H,31,36). The lowest BCUT2D eigenvalue weighted by molar-refractivity contribution is -0.143. The maximum atomic E-state index is 13.2. The number of nitrogens with zero attached hydrogens (tertiary/aromatic N) is 3. The lowest BCUT2D eigenvalue weighted by atomic mass is 10.1. The summed E-state index contributed by atoms with van der Waals surface area (Å²) < 4.78 is 81.0. The first-order chi connectivity index (χ1) is 16.8. The van der Waals surface area contributed by atoms with E-state index in [0.717, 1.165) is 23.4 Å². The van der Waals surface area contributed by atoms with Gasteiger partial charge in [0.15, 0.2) is 0 Å². The highest BCUT2D eigenvalue weighted by Gasteiger charge is 2.38. The molecular weight excluding hydrogens is 490 g/mol. The highest BCUT2D eigenvalue weighted by molar-refractivity contribution is 5.92. The van der Waals surface area contributed by atoms with Gasteiger partial charge in [0.05, 0.1) is 17.7 Å². The summed E-state index contributed by atoms with van der Waals surface area (Å²) in [4.78, 5) is 28.9. The molecular formula is C24H28F6N4O2. The molecule has 1 aromatic heterocycles. The quantitative estimate of drug-likeness (QED) is 0.421.